The van der Waals surface area contributed by atoms with Gasteiger partial charge in [0, 0.05) is 31.2 Å². The van der Waals surface area contributed by atoms with Gasteiger partial charge in [0.25, 0.3) is 11.7 Å². The average Bonchev–Trinajstić information content (AvgIpc) is 2.97. The minimum absolute atomic E-state index is 0.0719. The number of carbonyl (C=O) groups is 3. The first-order valence-electron chi connectivity index (χ1n) is 13.1. The van der Waals surface area contributed by atoms with E-state index in [1.54, 1.807) is 24.3 Å². The Kier molecular flexibility index (Phi) is 5.75. The molecule has 0 aromatic heterocycles. The summed E-state index contributed by atoms with van der Waals surface area (Å²) >= 11 is 0. The molecule has 9 heteroatoms. The first-order chi connectivity index (χ1) is 17.2. The molecule has 1 amide bonds. The lowest BCUT2D eigenvalue weighted by atomic mass is 9.58. The molecule has 7 rings (SSSR count). The van der Waals surface area contributed by atoms with Crippen LogP contribution in [-0.4, -0.2) is 48.2 Å². The SMILES string of the molecule is C[C@@H]1CC[C@H]2[C@@H](C)C(OC(=O)CCCN3C(=O)C(=O)c4ccccc43)O[C@@H]3O[C@@]4(C)CC[C@@H]1[C@]32OO4. The van der Waals surface area contributed by atoms with E-state index in [9.17, 15) is 14.4 Å². The van der Waals surface area contributed by atoms with Crippen molar-refractivity contribution < 1.29 is 38.4 Å². The maximum atomic E-state index is 12.8. The average molecular weight is 500 g/mol. The van der Waals surface area contributed by atoms with Crippen LogP contribution in [0.15, 0.2) is 24.3 Å². The number of esters is 1. The van der Waals surface area contributed by atoms with Crippen LogP contribution in [0.5, 0.6) is 0 Å². The summed E-state index contributed by atoms with van der Waals surface area (Å²) in [6.07, 6.45) is 2.69. The fourth-order valence-electron chi connectivity index (χ4n) is 7.05. The predicted octanol–water partition coefficient (Wildman–Crippen LogP) is 3.75. The number of hydrogen-bond acceptors (Lipinski definition) is 8. The van der Waals surface area contributed by atoms with Crippen LogP contribution in [0.2, 0.25) is 0 Å². The van der Waals surface area contributed by atoms with Gasteiger partial charge in [-0.05, 0) is 56.6 Å². The fraction of sp³-hybridized carbons (Fsp3) is 0.667. The molecule has 0 N–H and O–H groups in total. The highest BCUT2D eigenvalue weighted by molar-refractivity contribution is 6.52. The zero-order valence-corrected chi connectivity index (χ0v) is 20.9. The van der Waals surface area contributed by atoms with Gasteiger partial charge in [-0.25, -0.2) is 9.78 Å². The molecule has 1 aliphatic carbocycles. The molecule has 1 aromatic rings. The highest BCUT2D eigenvalue weighted by atomic mass is 17.3. The molecule has 2 bridgehead atoms. The lowest BCUT2D eigenvalue weighted by molar-refractivity contribution is -0.576. The van der Waals surface area contributed by atoms with Crippen LogP contribution in [0.4, 0.5) is 5.69 Å². The molecule has 1 saturated carbocycles. The number of benzene rings is 1. The van der Waals surface area contributed by atoms with Gasteiger partial charge in [0.15, 0.2) is 11.9 Å². The van der Waals surface area contributed by atoms with Crippen molar-refractivity contribution in [1.29, 1.82) is 0 Å². The number of nitrogens with zero attached hydrogens (tertiary/aromatic N) is 1. The van der Waals surface area contributed by atoms with Crippen LogP contribution in [0.3, 0.4) is 0 Å². The summed E-state index contributed by atoms with van der Waals surface area (Å²) in [5.74, 6) is -1.69. The topological polar surface area (TPSA) is 101 Å². The molecule has 9 nitrogen and oxygen atoms in total. The Morgan fingerprint density at radius 2 is 1.92 bits per heavy atom. The van der Waals surface area contributed by atoms with Crippen LogP contribution >= 0.6 is 0 Å². The number of para-hydroxylation sites is 1. The van der Waals surface area contributed by atoms with Gasteiger partial charge in [0.1, 0.15) is 0 Å². The maximum absolute atomic E-state index is 12.8. The van der Waals surface area contributed by atoms with Crippen molar-refractivity contribution in [2.24, 2.45) is 23.7 Å². The van der Waals surface area contributed by atoms with Crippen LogP contribution in [0.25, 0.3) is 0 Å². The van der Waals surface area contributed by atoms with E-state index in [0.29, 0.717) is 23.6 Å². The van der Waals surface area contributed by atoms with Gasteiger partial charge < -0.3 is 19.1 Å². The number of rotatable bonds is 5. The first kappa shape index (κ1) is 24.0. The quantitative estimate of drug-likeness (QED) is 0.343. The van der Waals surface area contributed by atoms with Crippen LogP contribution in [0, 0.1) is 23.7 Å². The number of anilines is 1. The molecule has 1 spiro atoms. The summed E-state index contributed by atoms with van der Waals surface area (Å²) in [6, 6.07) is 6.91. The monoisotopic (exact) mass is 499 g/mol. The Morgan fingerprint density at radius 1 is 1.11 bits per heavy atom. The second-order valence-corrected chi connectivity index (χ2v) is 11.2. The van der Waals surface area contributed by atoms with Crippen molar-refractivity contribution in [3.63, 3.8) is 0 Å². The van der Waals surface area contributed by atoms with Crippen molar-refractivity contribution >= 4 is 23.3 Å². The second kappa shape index (κ2) is 8.62. The van der Waals surface area contributed by atoms with Gasteiger partial charge in [-0.15, -0.1) is 0 Å². The Hall–Kier alpha value is -2.33. The molecule has 5 heterocycles. The number of Topliss-reactive ketones (excluding diaryl/α,β-unsaturated/α-hetero) is 1. The number of hydrogen-bond donors (Lipinski definition) is 0. The summed E-state index contributed by atoms with van der Waals surface area (Å²) in [5.41, 5.74) is 0.292. The van der Waals surface area contributed by atoms with E-state index in [0.717, 1.165) is 25.7 Å². The van der Waals surface area contributed by atoms with E-state index >= 15 is 0 Å². The van der Waals surface area contributed by atoms with Gasteiger partial charge in [-0.3, -0.25) is 14.4 Å². The molecule has 36 heavy (non-hydrogen) atoms. The predicted molar refractivity (Wildman–Crippen MR) is 125 cm³/mol. The summed E-state index contributed by atoms with van der Waals surface area (Å²) in [4.78, 5) is 50.8. The molecule has 194 valence electrons. The van der Waals surface area contributed by atoms with Gasteiger partial charge in [-0.1, -0.05) is 26.0 Å². The van der Waals surface area contributed by atoms with Crippen molar-refractivity contribution in [2.75, 3.05) is 11.4 Å². The normalized spacial score (nSPS) is 41.0. The zero-order chi connectivity index (χ0) is 25.2. The number of amides is 1. The van der Waals surface area contributed by atoms with Crippen molar-refractivity contribution in [3.05, 3.63) is 29.8 Å². The Bertz CT molecular complexity index is 1090. The van der Waals surface area contributed by atoms with E-state index in [1.165, 1.54) is 4.90 Å². The van der Waals surface area contributed by atoms with Gasteiger partial charge in [0.2, 0.25) is 12.1 Å². The van der Waals surface area contributed by atoms with Gasteiger partial charge >= 0.3 is 5.97 Å². The third-order valence-corrected chi connectivity index (χ3v) is 8.99. The number of carbonyl (C=O) groups excluding carboxylic acids is 3. The summed E-state index contributed by atoms with van der Waals surface area (Å²) in [7, 11) is 0. The highest BCUT2D eigenvalue weighted by Crippen LogP contribution is 2.60. The number of ketones is 1. The summed E-state index contributed by atoms with van der Waals surface area (Å²) < 4.78 is 18.4. The molecule has 6 aliphatic rings. The second-order valence-electron chi connectivity index (χ2n) is 11.2. The minimum atomic E-state index is -0.886. The molecule has 1 unspecified atom stereocenters. The Morgan fingerprint density at radius 3 is 2.75 bits per heavy atom. The molecule has 4 saturated heterocycles. The van der Waals surface area contributed by atoms with E-state index < -0.39 is 41.6 Å². The summed E-state index contributed by atoms with van der Waals surface area (Å²) in [5, 5.41) is 0. The maximum Gasteiger partial charge on any atom is 0.308 e. The third kappa shape index (κ3) is 3.55. The lowest BCUT2D eigenvalue weighted by Gasteiger charge is -2.59. The molecular formula is C27H33NO8. The first-order valence-corrected chi connectivity index (χ1v) is 13.1. The molecule has 5 aliphatic heterocycles. The van der Waals surface area contributed by atoms with Crippen molar-refractivity contribution in [3.8, 4) is 0 Å². The Labute approximate surface area is 210 Å². The van der Waals surface area contributed by atoms with Crippen LogP contribution < -0.4 is 4.90 Å². The van der Waals surface area contributed by atoms with Gasteiger partial charge in [0.05, 0.1) is 11.3 Å². The number of ether oxygens (including phenoxy) is 3. The van der Waals surface area contributed by atoms with Crippen molar-refractivity contribution in [2.45, 2.75) is 83.3 Å². The van der Waals surface area contributed by atoms with E-state index in [2.05, 4.69) is 6.92 Å². The largest absolute Gasteiger partial charge is 0.435 e. The smallest absolute Gasteiger partial charge is 0.308 e. The molecular weight excluding hydrogens is 466 g/mol. The standard InChI is InChI=1S/C27H33NO8/c1-15-10-11-19-16(2)24(33-25-27(19)18(15)12-13-26(3,34-25)35-36-27)32-21(29)9-6-14-28-20-8-5-4-7-17(20)22(30)23(28)31/h4-5,7-8,15-16,18-19,24-25H,6,9-14H2,1-3H3/t15-,16-,18+,19+,24?,25-,26-,27-/m1/s1. The fourth-order valence-corrected chi connectivity index (χ4v) is 7.05. The lowest BCUT2D eigenvalue weighted by Crippen LogP contribution is -2.70. The highest BCUT2D eigenvalue weighted by Gasteiger charge is 2.69. The molecule has 0 radical (unpaired) electrons. The minimum Gasteiger partial charge on any atom is -0.435 e. The van der Waals surface area contributed by atoms with Gasteiger partial charge in [-0.2, -0.15) is 0 Å². The van der Waals surface area contributed by atoms with E-state index in [4.69, 9.17) is 24.0 Å². The zero-order valence-electron chi connectivity index (χ0n) is 20.9. The van der Waals surface area contributed by atoms with Crippen LogP contribution in [-0.2, 0) is 33.6 Å². The van der Waals surface area contributed by atoms with Crippen LogP contribution in [0.1, 0.15) is 69.7 Å². The summed E-state index contributed by atoms with van der Waals surface area (Å²) in [6.45, 7) is 6.42. The Balaban J connectivity index is 1.12. The molecule has 1 aromatic carbocycles. The molecule has 5 fully saturated rings. The number of fused-ring (bicyclic) bond motifs is 3. The van der Waals surface area contributed by atoms with E-state index in [-0.39, 0.29) is 30.7 Å². The third-order valence-electron chi connectivity index (χ3n) is 8.99. The molecule has 8 atom stereocenters. The van der Waals surface area contributed by atoms with E-state index in [1.807, 2.05) is 13.8 Å². The van der Waals surface area contributed by atoms with Crippen molar-refractivity contribution in [1.82, 2.24) is 0 Å².